The van der Waals surface area contributed by atoms with E-state index in [1.807, 2.05) is 23.1 Å². The number of ether oxygens (including phenoxy) is 1. The van der Waals surface area contributed by atoms with Crippen LogP contribution in [0.5, 0.6) is 0 Å². The zero-order valence-corrected chi connectivity index (χ0v) is 13.2. The fourth-order valence-corrected chi connectivity index (χ4v) is 3.37. The predicted octanol–water partition coefficient (Wildman–Crippen LogP) is 3.49. The van der Waals surface area contributed by atoms with Gasteiger partial charge in [0.25, 0.3) is 0 Å². The Labute approximate surface area is 132 Å². The summed E-state index contributed by atoms with van der Waals surface area (Å²) in [4.78, 5) is 14.4. The first-order chi connectivity index (χ1) is 10.8. The van der Waals surface area contributed by atoms with E-state index >= 15 is 0 Å². The first kappa shape index (κ1) is 15.3. The van der Waals surface area contributed by atoms with E-state index in [4.69, 9.17) is 4.74 Å². The number of carbonyl (C=O) groups is 1. The van der Waals surface area contributed by atoms with Gasteiger partial charge in [-0.2, -0.15) is 0 Å². The third-order valence-corrected chi connectivity index (χ3v) is 4.68. The molecular weight excluding hydrogens is 276 g/mol. The quantitative estimate of drug-likeness (QED) is 0.908. The first-order valence-electron chi connectivity index (χ1n) is 8.55. The van der Waals surface area contributed by atoms with Crippen molar-refractivity contribution in [3.05, 3.63) is 35.9 Å². The molecule has 22 heavy (non-hydrogen) atoms. The molecule has 0 aliphatic carbocycles. The number of rotatable bonds is 2. The van der Waals surface area contributed by atoms with Crippen molar-refractivity contribution in [1.82, 2.24) is 10.2 Å². The van der Waals surface area contributed by atoms with Crippen LogP contribution in [-0.2, 0) is 4.74 Å². The fraction of sp³-hybridized carbons (Fsp3) is 0.611. The van der Waals surface area contributed by atoms with Crippen molar-refractivity contribution in [1.29, 1.82) is 0 Å². The number of urea groups is 1. The third kappa shape index (κ3) is 4.01. The molecule has 0 spiro atoms. The summed E-state index contributed by atoms with van der Waals surface area (Å²) in [5.41, 5.74) is 1.20. The van der Waals surface area contributed by atoms with Crippen LogP contribution >= 0.6 is 0 Å². The minimum Gasteiger partial charge on any atom is -0.373 e. The van der Waals surface area contributed by atoms with Gasteiger partial charge in [0, 0.05) is 25.7 Å². The molecule has 0 bridgehead atoms. The van der Waals surface area contributed by atoms with E-state index in [2.05, 4.69) is 17.4 Å². The molecule has 2 amide bonds. The van der Waals surface area contributed by atoms with Crippen LogP contribution < -0.4 is 5.32 Å². The number of likely N-dealkylation sites (tertiary alicyclic amines) is 1. The number of nitrogens with zero attached hydrogens (tertiary/aromatic N) is 1. The molecule has 1 N–H and O–H groups in total. The molecule has 0 radical (unpaired) electrons. The van der Waals surface area contributed by atoms with Gasteiger partial charge in [-0.1, -0.05) is 43.2 Å². The number of hydrogen-bond donors (Lipinski definition) is 1. The lowest BCUT2D eigenvalue weighted by Gasteiger charge is -2.32. The van der Waals surface area contributed by atoms with E-state index in [1.54, 1.807) is 0 Å². The Morgan fingerprint density at radius 2 is 1.82 bits per heavy atom. The summed E-state index contributed by atoms with van der Waals surface area (Å²) >= 11 is 0. The molecule has 120 valence electrons. The zero-order chi connectivity index (χ0) is 15.2. The van der Waals surface area contributed by atoms with Crippen LogP contribution in [0.2, 0.25) is 0 Å². The highest BCUT2D eigenvalue weighted by Crippen LogP contribution is 2.28. The minimum atomic E-state index is 0.101. The van der Waals surface area contributed by atoms with Gasteiger partial charge in [-0.05, 0) is 31.2 Å². The molecule has 2 fully saturated rings. The molecule has 4 nitrogen and oxygen atoms in total. The maximum absolute atomic E-state index is 12.4. The smallest absolute Gasteiger partial charge is 0.317 e. The van der Waals surface area contributed by atoms with Gasteiger partial charge in [0.15, 0.2) is 0 Å². The Morgan fingerprint density at radius 1 is 1.09 bits per heavy atom. The fourth-order valence-electron chi connectivity index (χ4n) is 3.37. The molecule has 4 heteroatoms. The Bertz CT molecular complexity index is 469. The van der Waals surface area contributed by atoms with E-state index in [1.165, 1.54) is 18.4 Å². The SMILES string of the molecule is O=C(N[C@@H]1CCO[C@H](c2ccccc2)C1)N1CCCCCC1. The molecule has 0 saturated carbocycles. The monoisotopic (exact) mass is 302 g/mol. The lowest BCUT2D eigenvalue weighted by Crippen LogP contribution is -2.47. The molecule has 1 aromatic rings. The molecule has 2 heterocycles. The van der Waals surface area contributed by atoms with E-state index in [0.29, 0.717) is 6.61 Å². The van der Waals surface area contributed by atoms with Gasteiger partial charge in [-0.25, -0.2) is 4.79 Å². The van der Waals surface area contributed by atoms with Crippen molar-refractivity contribution in [2.24, 2.45) is 0 Å². The van der Waals surface area contributed by atoms with Crippen molar-refractivity contribution in [3.63, 3.8) is 0 Å². The highest BCUT2D eigenvalue weighted by atomic mass is 16.5. The van der Waals surface area contributed by atoms with Crippen LogP contribution in [0, 0.1) is 0 Å². The van der Waals surface area contributed by atoms with Gasteiger partial charge in [0.2, 0.25) is 0 Å². The largest absolute Gasteiger partial charge is 0.373 e. The van der Waals surface area contributed by atoms with Crippen molar-refractivity contribution in [3.8, 4) is 0 Å². The highest BCUT2D eigenvalue weighted by Gasteiger charge is 2.26. The number of amides is 2. The molecule has 0 unspecified atom stereocenters. The average molecular weight is 302 g/mol. The van der Waals surface area contributed by atoms with Crippen LogP contribution in [0.4, 0.5) is 4.79 Å². The standard InChI is InChI=1S/C18H26N2O2/c21-18(20-11-6-1-2-7-12-20)19-16-10-13-22-17(14-16)15-8-4-3-5-9-15/h3-5,8-9,16-17H,1-2,6-7,10-14H2,(H,19,21)/t16-,17+/m1/s1. The highest BCUT2D eigenvalue weighted by molar-refractivity contribution is 5.74. The van der Waals surface area contributed by atoms with Crippen molar-refractivity contribution >= 4 is 6.03 Å². The number of benzene rings is 1. The summed E-state index contributed by atoms with van der Waals surface area (Å²) in [5.74, 6) is 0. The molecular formula is C18H26N2O2. The van der Waals surface area contributed by atoms with Crippen LogP contribution in [0.25, 0.3) is 0 Å². The summed E-state index contributed by atoms with van der Waals surface area (Å²) in [7, 11) is 0. The summed E-state index contributed by atoms with van der Waals surface area (Å²) in [6.07, 6.45) is 6.63. The molecule has 1 aromatic carbocycles. The molecule has 3 rings (SSSR count). The van der Waals surface area contributed by atoms with Gasteiger partial charge < -0.3 is 15.0 Å². The maximum Gasteiger partial charge on any atom is 0.317 e. The average Bonchev–Trinajstić information content (AvgIpc) is 2.85. The van der Waals surface area contributed by atoms with Gasteiger partial charge >= 0.3 is 6.03 Å². The lowest BCUT2D eigenvalue weighted by atomic mass is 9.97. The minimum absolute atomic E-state index is 0.101. The van der Waals surface area contributed by atoms with Crippen molar-refractivity contribution in [2.75, 3.05) is 19.7 Å². The second kappa shape index (κ2) is 7.63. The number of nitrogens with one attached hydrogen (secondary N) is 1. The zero-order valence-electron chi connectivity index (χ0n) is 13.2. The molecule has 0 aromatic heterocycles. The summed E-state index contributed by atoms with van der Waals surface area (Å²) in [6, 6.07) is 10.6. The Hall–Kier alpha value is -1.55. The second-order valence-electron chi connectivity index (χ2n) is 6.34. The third-order valence-electron chi connectivity index (χ3n) is 4.68. The van der Waals surface area contributed by atoms with Crippen molar-refractivity contribution < 1.29 is 9.53 Å². The lowest BCUT2D eigenvalue weighted by molar-refractivity contribution is 0.00150. The Kier molecular flexibility index (Phi) is 5.33. The summed E-state index contributed by atoms with van der Waals surface area (Å²) in [6.45, 7) is 2.51. The predicted molar refractivity (Wildman–Crippen MR) is 86.7 cm³/mol. The molecule has 2 aliphatic heterocycles. The maximum atomic E-state index is 12.4. The van der Waals surface area contributed by atoms with Crippen LogP contribution in [0.15, 0.2) is 30.3 Å². The Morgan fingerprint density at radius 3 is 2.55 bits per heavy atom. The Balaban J connectivity index is 1.54. The van der Waals surface area contributed by atoms with E-state index in [9.17, 15) is 4.79 Å². The summed E-state index contributed by atoms with van der Waals surface area (Å²) < 4.78 is 5.88. The van der Waals surface area contributed by atoms with Crippen LogP contribution in [-0.4, -0.2) is 36.7 Å². The van der Waals surface area contributed by atoms with Crippen LogP contribution in [0.3, 0.4) is 0 Å². The van der Waals surface area contributed by atoms with Gasteiger partial charge in [0.1, 0.15) is 0 Å². The summed E-state index contributed by atoms with van der Waals surface area (Å²) in [5, 5.41) is 3.22. The molecule has 2 aliphatic rings. The van der Waals surface area contributed by atoms with Gasteiger partial charge in [0.05, 0.1) is 6.10 Å². The van der Waals surface area contributed by atoms with Gasteiger partial charge in [-0.3, -0.25) is 0 Å². The second-order valence-corrected chi connectivity index (χ2v) is 6.34. The van der Waals surface area contributed by atoms with Crippen LogP contribution in [0.1, 0.15) is 50.2 Å². The number of carbonyl (C=O) groups excluding carboxylic acids is 1. The van der Waals surface area contributed by atoms with E-state index in [-0.39, 0.29) is 18.2 Å². The first-order valence-corrected chi connectivity index (χ1v) is 8.55. The van der Waals surface area contributed by atoms with Crippen molar-refractivity contribution in [2.45, 2.75) is 50.7 Å². The number of hydrogen-bond acceptors (Lipinski definition) is 2. The van der Waals surface area contributed by atoms with Gasteiger partial charge in [-0.15, -0.1) is 0 Å². The normalized spacial score (nSPS) is 26.3. The molecule has 2 saturated heterocycles. The topological polar surface area (TPSA) is 41.6 Å². The van der Waals surface area contributed by atoms with E-state index < -0.39 is 0 Å². The molecule has 2 atom stereocenters. The van der Waals surface area contributed by atoms with E-state index in [0.717, 1.165) is 38.8 Å².